The van der Waals surface area contributed by atoms with Crippen LogP contribution in [-0.4, -0.2) is 40.8 Å². The molecule has 1 saturated carbocycles. The van der Waals surface area contributed by atoms with Crippen molar-refractivity contribution in [2.45, 2.75) is 64.3 Å². The molecule has 1 aliphatic carbocycles. The van der Waals surface area contributed by atoms with Crippen LogP contribution in [0.15, 0.2) is 18.3 Å². The minimum Gasteiger partial charge on any atom is -0.348 e. The van der Waals surface area contributed by atoms with Crippen LogP contribution in [-0.2, 0) is 0 Å². The van der Waals surface area contributed by atoms with Gasteiger partial charge in [0.25, 0.3) is 11.8 Å². The van der Waals surface area contributed by atoms with Crippen LogP contribution >= 0.6 is 0 Å². The average molecular weight is 343 g/mol. The van der Waals surface area contributed by atoms with E-state index in [0.717, 1.165) is 32.4 Å². The molecule has 0 spiro atoms. The van der Waals surface area contributed by atoms with Crippen molar-refractivity contribution in [3.05, 3.63) is 29.6 Å². The number of rotatable bonds is 3. The summed E-state index contributed by atoms with van der Waals surface area (Å²) in [6.45, 7) is 3.78. The summed E-state index contributed by atoms with van der Waals surface area (Å²) in [5.41, 5.74) is 0.912. The summed E-state index contributed by atoms with van der Waals surface area (Å²) in [6, 6.07) is 3.59. The first-order valence-electron chi connectivity index (χ1n) is 9.69. The minimum atomic E-state index is -0.159. The zero-order chi connectivity index (χ0) is 17.6. The highest BCUT2D eigenvalue weighted by Gasteiger charge is 2.23. The van der Waals surface area contributed by atoms with Crippen molar-refractivity contribution in [3.8, 4) is 0 Å². The highest BCUT2D eigenvalue weighted by Crippen LogP contribution is 2.19. The lowest BCUT2D eigenvalue weighted by Crippen LogP contribution is -2.39. The summed E-state index contributed by atoms with van der Waals surface area (Å²) < 4.78 is 0. The SMILES string of the molecule is CC1CCCN(C(=O)c2ccnc(C(=O)NC3CCCCCC3)c2)C1. The van der Waals surface area contributed by atoms with Gasteiger partial charge in [0.2, 0.25) is 0 Å². The van der Waals surface area contributed by atoms with Crippen LogP contribution in [0.4, 0.5) is 0 Å². The van der Waals surface area contributed by atoms with Gasteiger partial charge in [-0.15, -0.1) is 0 Å². The zero-order valence-corrected chi connectivity index (χ0v) is 15.2. The van der Waals surface area contributed by atoms with Crippen molar-refractivity contribution in [2.24, 2.45) is 5.92 Å². The van der Waals surface area contributed by atoms with Crippen LogP contribution in [0.3, 0.4) is 0 Å². The molecule has 25 heavy (non-hydrogen) atoms. The number of carbonyl (C=O) groups excluding carboxylic acids is 2. The molecule has 5 nitrogen and oxygen atoms in total. The molecule has 1 aromatic heterocycles. The van der Waals surface area contributed by atoms with Crippen LogP contribution in [0.5, 0.6) is 0 Å². The topological polar surface area (TPSA) is 62.3 Å². The van der Waals surface area contributed by atoms with Gasteiger partial charge in [-0.1, -0.05) is 32.6 Å². The van der Waals surface area contributed by atoms with Crippen molar-refractivity contribution in [3.63, 3.8) is 0 Å². The minimum absolute atomic E-state index is 0.0115. The first kappa shape index (κ1) is 17.9. The lowest BCUT2D eigenvalue weighted by molar-refractivity contribution is 0.0683. The number of likely N-dealkylation sites (tertiary alicyclic amines) is 1. The molecule has 1 saturated heterocycles. The molecule has 2 amide bonds. The normalized spacial score (nSPS) is 22.3. The number of hydrogen-bond acceptors (Lipinski definition) is 3. The molecule has 2 fully saturated rings. The Morgan fingerprint density at radius 1 is 1.12 bits per heavy atom. The summed E-state index contributed by atoms with van der Waals surface area (Å²) in [5.74, 6) is 0.392. The van der Waals surface area contributed by atoms with E-state index in [4.69, 9.17) is 0 Å². The standard InChI is InChI=1S/C20H29N3O2/c1-15-7-6-12-23(14-15)20(25)16-10-11-21-18(13-16)19(24)22-17-8-4-2-3-5-9-17/h10-11,13,15,17H,2-9,12,14H2,1H3,(H,22,24). The van der Waals surface area contributed by atoms with Crippen molar-refractivity contribution in [1.29, 1.82) is 0 Å². The van der Waals surface area contributed by atoms with Gasteiger partial charge in [-0.25, -0.2) is 0 Å². The third-order valence-electron chi connectivity index (χ3n) is 5.37. The summed E-state index contributed by atoms with van der Waals surface area (Å²) >= 11 is 0. The van der Waals surface area contributed by atoms with E-state index in [1.165, 1.54) is 32.1 Å². The number of amides is 2. The van der Waals surface area contributed by atoms with Gasteiger partial charge in [-0.3, -0.25) is 14.6 Å². The Morgan fingerprint density at radius 3 is 2.60 bits per heavy atom. The Bertz CT molecular complexity index is 609. The third-order valence-corrected chi connectivity index (χ3v) is 5.37. The molecule has 1 aliphatic heterocycles. The summed E-state index contributed by atoms with van der Waals surface area (Å²) in [4.78, 5) is 31.3. The Labute approximate surface area is 150 Å². The Hall–Kier alpha value is -1.91. The zero-order valence-electron chi connectivity index (χ0n) is 15.2. The molecule has 0 radical (unpaired) electrons. The summed E-state index contributed by atoms with van der Waals surface area (Å²) in [7, 11) is 0. The molecule has 1 unspecified atom stereocenters. The molecule has 1 aromatic rings. The number of nitrogens with zero attached hydrogens (tertiary/aromatic N) is 2. The van der Waals surface area contributed by atoms with E-state index in [2.05, 4.69) is 17.2 Å². The fourth-order valence-corrected chi connectivity index (χ4v) is 3.93. The van der Waals surface area contributed by atoms with E-state index < -0.39 is 0 Å². The lowest BCUT2D eigenvalue weighted by atomic mass is 9.99. The fraction of sp³-hybridized carbons (Fsp3) is 0.650. The van der Waals surface area contributed by atoms with Gasteiger partial charge in [0, 0.05) is 30.9 Å². The number of aromatic nitrogens is 1. The maximum Gasteiger partial charge on any atom is 0.270 e. The maximum absolute atomic E-state index is 12.7. The second-order valence-corrected chi connectivity index (χ2v) is 7.59. The molecule has 1 N–H and O–H groups in total. The second-order valence-electron chi connectivity index (χ2n) is 7.59. The lowest BCUT2D eigenvalue weighted by Gasteiger charge is -2.31. The second kappa shape index (κ2) is 8.45. The monoisotopic (exact) mass is 343 g/mol. The van der Waals surface area contributed by atoms with E-state index in [9.17, 15) is 9.59 Å². The Morgan fingerprint density at radius 2 is 1.88 bits per heavy atom. The van der Waals surface area contributed by atoms with Gasteiger partial charge < -0.3 is 10.2 Å². The van der Waals surface area contributed by atoms with Crippen LogP contribution < -0.4 is 5.32 Å². The summed E-state index contributed by atoms with van der Waals surface area (Å²) in [5, 5.41) is 3.10. The molecule has 136 valence electrons. The van der Waals surface area contributed by atoms with Crippen molar-refractivity contribution in [2.75, 3.05) is 13.1 Å². The number of carbonyl (C=O) groups is 2. The van der Waals surface area contributed by atoms with Crippen LogP contribution in [0.25, 0.3) is 0 Å². The molecule has 5 heteroatoms. The molecule has 1 atom stereocenters. The van der Waals surface area contributed by atoms with Crippen molar-refractivity contribution < 1.29 is 9.59 Å². The van der Waals surface area contributed by atoms with Gasteiger partial charge in [0.15, 0.2) is 0 Å². The largest absolute Gasteiger partial charge is 0.348 e. The van der Waals surface area contributed by atoms with E-state index in [-0.39, 0.29) is 17.9 Å². The van der Waals surface area contributed by atoms with Gasteiger partial charge in [-0.2, -0.15) is 0 Å². The van der Waals surface area contributed by atoms with Gasteiger partial charge in [-0.05, 0) is 43.7 Å². The molecule has 2 heterocycles. The van der Waals surface area contributed by atoms with E-state index in [1.807, 2.05) is 4.90 Å². The third kappa shape index (κ3) is 4.80. The Balaban J connectivity index is 1.65. The number of pyridine rings is 1. The van der Waals surface area contributed by atoms with Crippen molar-refractivity contribution >= 4 is 11.8 Å². The number of nitrogens with one attached hydrogen (secondary N) is 1. The van der Waals surface area contributed by atoms with Crippen LogP contribution in [0.1, 0.15) is 79.1 Å². The molecule has 0 aromatic carbocycles. The van der Waals surface area contributed by atoms with E-state index >= 15 is 0 Å². The van der Waals surface area contributed by atoms with E-state index in [0.29, 0.717) is 17.2 Å². The maximum atomic E-state index is 12.7. The molecular weight excluding hydrogens is 314 g/mol. The Kier molecular flexibility index (Phi) is 6.05. The fourth-order valence-electron chi connectivity index (χ4n) is 3.93. The number of piperidine rings is 1. The van der Waals surface area contributed by atoms with Gasteiger partial charge in [0.05, 0.1) is 0 Å². The molecule has 3 rings (SSSR count). The predicted octanol–water partition coefficient (Wildman–Crippen LogP) is 3.41. The molecule has 2 aliphatic rings. The summed E-state index contributed by atoms with van der Waals surface area (Å²) in [6.07, 6.45) is 10.7. The first-order chi connectivity index (χ1) is 12.1. The average Bonchev–Trinajstić information content (AvgIpc) is 2.90. The van der Waals surface area contributed by atoms with Crippen LogP contribution in [0, 0.1) is 5.92 Å². The molecule has 0 bridgehead atoms. The van der Waals surface area contributed by atoms with E-state index in [1.54, 1.807) is 18.3 Å². The van der Waals surface area contributed by atoms with Gasteiger partial charge >= 0.3 is 0 Å². The smallest absolute Gasteiger partial charge is 0.270 e. The number of hydrogen-bond donors (Lipinski definition) is 1. The van der Waals surface area contributed by atoms with Crippen LogP contribution in [0.2, 0.25) is 0 Å². The van der Waals surface area contributed by atoms with Crippen molar-refractivity contribution in [1.82, 2.24) is 15.2 Å². The quantitative estimate of drug-likeness (QED) is 0.856. The highest BCUT2D eigenvalue weighted by molar-refractivity contribution is 5.98. The highest BCUT2D eigenvalue weighted by atomic mass is 16.2. The predicted molar refractivity (Wildman–Crippen MR) is 97.5 cm³/mol. The van der Waals surface area contributed by atoms with Gasteiger partial charge in [0.1, 0.15) is 5.69 Å². The molecular formula is C20H29N3O2. The first-order valence-corrected chi connectivity index (χ1v) is 9.69.